The molecular weight excluding hydrogens is 226 g/mol. The van der Waals surface area contributed by atoms with Crippen molar-refractivity contribution in [3.63, 3.8) is 0 Å². The molecule has 1 atom stereocenters. The molecule has 17 heavy (non-hydrogen) atoms. The molecule has 1 aromatic carbocycles. The Balaban J connectivity index is 2.16. The Labute approximate surface area is 96.8 Å². The number of nitrogens with zero attached hydrogens (tertiary/aromatic N) is 2. The van der Waals surface area contributed by atoms with E-state index in [1.54, 1.807) is 6.07 Å². The van der Waals surface area contributed by atoms with Crippen LogP contribution in [0.3, 0.4) is 0 Å². The summed E-state index contributed by atoms with van der Waals surface area (Å²) in [5, 5.41) is 9.78. The summed E-state index contributed by atoms with van der Waals surface area (Å²) in [6.07, 6.45) is 1.99. The van der Waals surface area contributed by atoms with E-state index in [4.69, 9.17) is 0 Å². The molecule has 3 nitrogen and oxygen atoms in total. The van der Waals surface area contributed by atoms with Gasteiger partial charge in [-0.05, 0) is 17.7 Å². The number of aliphatic hydroxyl groups is 1. The molecule has 0 aliphatic carbocycles. The summed E-state index contributed by atoms with van der Waals surface area (Å²) in [4.78, 5) is 7.73. The van der Waals surface area contributed by atoms with Crippen LogP contribution in [0.15, 0.2) is 36.7 Å². The zero-order valence-electron chi connectivity index (χ0n) is 8.85. The van der Waals surface area contributed by atoms with Gasteiger partial charge in [0.1, 0.15) is 17.7 Å². The van der Waals surface area contributed by atoms with Crippen LogP contribution in [0.25, 0.3) is 0 Å². The summed E-state index contributed by atoms with van der Waals surface area (Å²) in [5.74, 6) is -1.10. The number of benzene rings is 1. The zero-order valence-corrected chi connectivity index (χ0v) is 8.85. The van der Waals surface area contributed by atoms with Crippen molar-refractivity contribution in [1.82, 2.24) is 9.97 Å². The number of hydrogen-bond donors (Lipinski definition) is 1. The summed E-state index contributed by atoms with van der Waals surface area (Å²) < 4.78 is 26.0. The van der Waals surface area contributed by atoms with Crippen LogP contribution < -0.4 is 0 Å². The molecule has 0 spiro atoms. The van der Waals surface area contributed by atoms with Gasteiger partial charge in [-0.1, -0.05) is 6.07 Å². The Hall–Kier alpha value is -1.88. The van der Waals surface area contributed by atoms with Crippen LogP contribution in [-0.2, 0) is 6.42 Å². The molecule has 0 radical (unpaired) electrons. The molecule has 1 aromatic heterocycles. The monoisotopic (exact) mass is 236 g/mol. The number of aliphatic hydroxyl groups excluding tert-OH is 1. The molecule has 0 bridgehead atoms. The Morgan fingerprint density at radius 3 is 2.53 bits per heavy atom. The minimum absolute atomic E-state index is 0.0100. The van der Waals surface area contributed by atoms with Crippen molar-refractivity contribution >= 4 is 0 Å². The quantitative estimate of drug-likeness (QED) is 0.886. The van der Waals surface area contributed by atoms with E-state index in [1.807, 2.05) is 0 Å². The lowest BCUT2D eigenvalue weighted by Gasteiger charge is -2.09. The minimum atomic E-state index is -1.00. The zero-order chi connectivity index (χ0) is 12.3. The third-order valence-electron chi connectivity index (χ3n) is 2.31. The van der Waals surface area contributed by atoms with E-state index >= 15 is 0 Å². The van der Waals surface area contributed by atoms with Crippen LogP contribution in [-0.4, -0.2) is 15.1 Å². The second-order valence-electron chi connectivity index (χ2n) is 3.56. The van der Waals surface area contributed by atoms with Crippen LogP contribution in [0, 0.1) is 11.6 Å². The Morgan fingerprint density at radius 1 is 1.18 bits per heavy atom. The van der Waals surface area contributed by atoms with E-state index in [1.165, 1.54) is 18.5 Å². The van der Waals surface area contributed by atoms with E-state index in [9.17, 15) is 13.9 Å². The third kappa shape index (κ3) is 2.82. The second-order valence-corrected chi connectivity index (χ2v) is 3.56. The lowest BCUT2D eigenvalue weighted by Crippen LogP contribution is -2.07. The van der Waals surface area contributed by atoms with Gasteiger partial charge in [-0.15, -0.1) is 0 Å². The van der Waals surface area contributed by atoms with Crippen molar-refractivity contribution in [2.75, 3.05) is 0 Å². The average molecular weight is 236 g/mol. The molecule has 1 N–H and O–H groups in total. The molecule has 2 rings (SSSR count). The smallest absolute Gasteiger partial charge is 0.157 e. The van der Waals surface area contributed by atoms with Crippen molar-refractivity contribution < 1.29 is 13.9 Å². The summed E-state index contributed by atoms with van der Waals surface area (Å²) >= 11 is 0. The molecule has 0 saturated carbocycles. The molecule has 5 heteroatoms. The van der Waals surface area contributed by atoms with Gasteiger partial charge in [0.05, 0.1) is 0 Å². The lowest BCUT2D eigenvalue weighted by atomic mass is 10.1. The van der Waals surface area contributed by atoms with Gasteiger partial charge in [-0.3, -0.25) is 0 Å². The van der Waals surface area contributed by atoms with Gasteiger partial charge < -0.3 is 5.11 Å². The van der Waals surface area contributed by atoms with E-state index in [-0.39, 0.29) is 17.8 Å². The van der Waals surface area contributed by atoms with Crippen LogP contribution in [0.1, 0.15) is 17.5 Å². The summed E-state index contributed by atoms with van der Waals surface area (Å²) in [6, 6.07) is 4.86. The largest absolute Gasteiger partial charge is 0.385 e. The molecule has 0 aliphatic rings. The number of aromatic nitrogens is 2. The van der Waals surface area contributed by atoms with E-state index in [2.05, 4.69) is 9.97 Å². The van der Waals surface area contributed by atoms with Gasteiger partial charge in [0.15, 0.2) is 5.82 Å². The van der Waals surface area contributed by atoms with E-state index < -0.39 is 17.7 Å². The highest BCUT2D eigenvalue weighted by molar-refractivity contribution is 5.20. The predicted octanol–water partition coefficient (Wildman–Crippen LogP) is 2.03. The molecule has 1 unspecified atom stereocenters. The SMILES string of the molecule is OC(Cc1ccc(F)cc1F)c1ncccn1. The highest BCUT2D eigenvalue weighted by Gasteiger charge is 2.14. The molecule has 1 heterocycles. The van der Waals surface area contributed by atoms with Gasteiger partial charge in [0.2, 0.25) is 0 Å². The first-order valence-electron chi connectivity index (χ1n) is 5.05. The molecule has 0 fully saturated rings. The Kier molecular flexibility index (Phi) is 3.39. The van der Waals surface area contributed by atoms with Crippen LogP contribution in [0.2, 0.25) is 0 Å². The highest BCUT2D eigenvalue weighted by Crippen LogP contribution is 2.17. The number of rotatable bonds is 3. The summed E-state index contributed by atoms with van der Waals surface area (Å²) in [7, 11) is 0. The maximum atomic E-state index is 13.3. The fraction of sp³-hybridized carbons (Fsp3) is 0.167. The number of halogens is 2. The lowest BCUT2D eigenvalue weighted by molar-refractivity contribution is 0.167. The molecular formula is C12H10F2N2O. The van der Waals surface area contributed by atoms with Crippen molar-refractivity contribution in [2.24, 2.45) is 0 Å². The van der Waals surface area contributed by atoms with Crippen molar-refractivity contribution in [3.05, 3.63) is 59.7 Å². The standard InChI is InChI=1S/C12H10F2N2O/c13-9-3-2-8(10(14)7-9)6-11(17)12-15-4-1-5-16-12/h1-5,7,11,17H,6H2. The van der Waals surface area contributed by atoms with Crippen LogP contribution >= 0.6 is 0 Å². The normalized spacial score (nSPS) is 12.4. The van der Waals surface area contributed by atoms with E-state index in [0.717, 1.165) is 12.1 Å². The Bertz CT molecular complexity index is 505. The topological polar surface area (TPSA) is 46.0 Å². The first-order valence-corrected chi connectivity index (χ1v) is 5.05. The third-order valence-corrected chi connectivity index (χ3v) is 2.31. The van der Waals surface area contributed by atoms with Gasteiger partial charge in [0.25, 0.3) is 0 Å². The fourth-order valence-corrected chi connectivity index (χ4v) is 1.47. The van der Waals surface area contributed by atoms with E-state index in [0.29, 0.717) is 0 Å². The average Bonchev–Trinajstić information content (AvgIpc) is 2.34. The number of hydrogen-bond acceptors (Lipinski definition) is 3. The molecule has 88 valence electrons. The van der Waals surface area contributed by atoms with Gasteiger partial charge in [0, 0.05) is 24.9 Å². The minimum Gasteiger partial charge on any atom is -0.385 e. The van der Waals surface area contributed by atoms with Gasteiger partial charge in [-0.25, -0.2) is 18.7 Å². The van der Waals surface area contributed by atoms with Crippen molar-refractivity contribution in [3.8, 4) is 0 Å². The fourth-order valence-electron chi connectivity index (χ4n) is 1.47. The first kappa shape index (κ1) is 11.6. The molecule has 2 aromatic rings. The molecule has 0 amide bonds. The Morgan fingerprint density at radius 2 is 1.88 bits per heavy atom. The van der Waals surface area contributed by atoms with Crippen molar-refractivity contribution in [1.29, 1.82) is 0 Å². The maximum absolute atomic E-state index is 13.3. The van der Waals surface area contributed by atoms with Crippen molar-refractivity contribution in [2.45, 2.75) is 12.5 Å². The predicted molar refractivity (Wildman–Crippen MR) is 57.1 cm³/mol. The van der Waals surface area contributed by atoms with Gasteiger partial charge in [-0.2, -0.15) is 0 Å². The maximum Gasteiger partial charge on any atom is 0.157 e. The van der Waals surface area contributed by atoms with Crippen LogP contribution in [0.4, 0.5) is 8.78 Å². The first-order chi connectivity index (χ1) is 8.16. The summed E-state index contributed by atoms with van der Waals surface area (Å²) in [6.45, 7) is 0. The molecule has 0 aliphatic heterocycles. The summed E-state index contributed by atoms with van der Waals surface area (Å²) in [5.41, 5.74) is 0.228. The van der Waals surface area contributed by atoms with Crippen LogP contribution in [0.5, 0.6) is 0 Å². The highest BCUT2D eigenvalue weighted by atomic mass is 19.1. The molecule has 0 saturated heterocycles. The van der Waals surface area contributed by atoms with Gasteiger partial charge >= 0.3 is 0 Å². The second kappa shape index (κ2) is 4.97.